The SMILES string of the molecule is CCC[C@@H](N)c1cc2ccc(Br)cc2o1. The van der Waals surface area contributed by atoms with Crippen molar-refractivity contribution in [3.05, 3.63) is 34.5 Å². The zero-order valence-electron chi connectivity index (χ0n) is 8.66. The number of furan rings is 1. The molecule has 2 rings (SSSR count). The molecule has 0 aliphatic heterocycles. The van der Waals surface area contributed by atoms with E-state index in [1.807, 2.05) is 24.3 Å². The first-order valence-electron chi connectivity index (χ1n) is 5.15. The maximum absolute atomic E-state index is 6.00. The van der Waals surface area contributed by atoms with Crippen LogP contribution in [0.15, 0.2) is 33.2 Å². The molecule has 1 aromatic carbocycles. The van der Waals surface area contributed by atoms with Crippen LogP contribution in [0.2, 0.25) is 0 Å². The van der Waals surface area contributed by atoms with Crippen LogP contribution in [0, 0.1) is 0 Å². The number of hydrogen-bond donors (Lipinski definition) is 1. The number of hydrogen-bond acceptors (Lipinski definition) is 2. The Bertz CT molecular complexity index is 464. The van der Waals surface area contributed by atoms with Crippen molar-refractivity contribution in [2.75, 3.05) is 0 Å². The van der Waals surface area contributed by atoms with E-state index >= 15 is 0 Å². The van der Waals surface area contributed by atoms with Crippen LogP contribution in [-0.4, -0.2) is 0 Å². The van der Waals surface area contributed by atoms with E-state index in [0.29, 0.717) is 0 Å². The Hall–Kier alpha value is -0.800. The van der Waals surface area contributed by atoms with E-state index in [1.54, 1.807) is 0 Å². The minimum absolute atomic E-state index is 0.0150. The van der Waals surface area contributed by atoms with Gasteiger partial charge in [-0.3, -0.25) is 0 Å². The van der Waals surface area contributed by atoms with Crippen LogP contribution < -0.4 is 5.73 Å². The molecule has 0 spiro atoms. The maximum atomic E-state index is 6.00. The Balaban J connectivity index is 2.38. The fourth-order valence-corrected chi connectivity index (χ4v) is 2.00. The summed E-state index contributed by atoms with van der Waals surface area (Å²) in [6.45, 7) is 2.12. The third-order valence-electron chi connectivity index (χ3n) is 2.47. The Morgan fingerprint density at radius 1 is 1.40 bits per heavy atom. The highest BCUT2D eigenvalue weighted by Gasteiger charge is 2.10. The largest absolute Gasteiger partial charge is 0.459 e. The van der Waals surface area contributed by atoms with Gasteiger partial charge < -0.3 is 10.2 Å². The summed E-state index contributed by atoms with van der Waals surface area (Å²) >= 11 is 3.42. The van der Waals surface area contributed by atoms with Gasteiger partial charge in [0.25, 0.3) is 0 Å². The highest BCUT2D eigenvalue weighted by atomic mass is 79.9. The smallest absolute Gasteiger partial charge is 0.135 e. The van der Waals surface area contributed by atoms with Crippen molar-refractivity contribution < 1.29 is 4.42 Å². The number of benzene rings is 1. The van der Waals surface area contributed by atoms with Crippen LogP contribution in [0.25, 0.3) is 11.0 Å². The first-order chi connectivity index (χ1) is 7.20. The molecule has 0 saturated heterocycles. The summed E-state index contributed by atoms with van der Waals surface area (Å²) < 4.78 is 6.74. The normalized spacial score (nSPS) is 13.3. The van der Waals surface area contributed by atoms with Crippen LogP contribution in [0.4, 0.5) is 0 Å². The zero-order valence-corrected chi connectivity index (χ0v) is 10.3. The molecule has 0 unspecified atom stereocenters. The van der Waals surface area contributed by atoms with Gasteiger partial charge in [-0.25, -0.2) is 0 Å². The minimum atomic E-state index is 0.0150. The molecule has 15 heavy (non-hydrogen) atoms. The number of nitrogens with two attached hydrogens (primary N) is 1. The van der Waals surface area contributed by atoms with Crippen LogP contribution in [-0.2, 0) is 0 Å². The molecule has 1 aromatic heterocycles. The van der Waals surface area contributed by atoms with Gasteiger partial charge in [0.05, 0.1) is 6.04 Å². The lowest BCUT2D eigenvalue weighted by molar-refractivity contribution is 0.475. The summed E-state index contributed by atoms with van der Waals surface area (Å²) in [5, 5.41) is 1.11. The summed E-state index contributed by atoms with van der Waals surface area (Å²) in [6.07, 6.45) is 2.03. The second-order valence-electron chi connectivity index (χ2n) is 3.73. The Morgan fingerprint density at radius 3 is 2.93 bits per heavy atom. The van der Waals surface area contributed by atoms with Crippen LogP contribution >= 0.6 is 15.9 Å². The van der Waals surface area contributed by atoms with Gasteiger partial charge in [0.15, 0.2) is 0 Å². The molecule has 1 heterocycles. The third kappa shape index (κ3) is 2.24. The van der Waals surface area contributed by atoms with Crippen molar-refractivity contribution in [1.29, 1.82) is 0 Å². The number of fused-ring (bicyclic) bond motifs is 1. The van der Waals surface area contributed by atoms with Gasteiger partial charge in [-0.05, 0) is 30.7 Å². The number of rotatable bonds is 3. The minimum Gasteiger partial charge on any atom is -0.459 e. The van der Waals surface area contributed by atoms with E-state index in [0.717, 1.165) is 34.0 Å². The number of halogens is 1. The Morgan fingerprint density at radius 2 is 2.20 bits per heavy atom. The van der Waals surface area contributed by atoms with E-state index in [1.165, 1.54) is 0 Å². The lowest BCUT2D eigenvalue weighted by Gasteiger charge is -2.04. The highest BCUT2D eigenvalue weighted by Crippen LogP contribution is 2.27. The molecule has 0 radical (unpaired) electrons. The molecule has 80 valence electrons. The standard InChI is InChI=1S/C12H14BrNO/c1-2-3-10(14)12-6-8-4-5-9(13)7-11(8)15-12/h4-7,10H,2-3,14H2,1H3/t10-/m1/s1. The van der Waals surface area contributed by atoms with Gasteiger partial charge in [-0.2, -0.15) is 0 Å². The lowest BCUT2D eigenvalue weighted by Crippen LogP contribution is -2.08. The van der Waals surface area contributed by atoms with E-state index in [9.17, 15) is 0 Å². The molecule has 0 bridgehead atoms. The van der Waals surface area contributed by atoms with Crippen molar-refractivity contribution in [1.82, 2.24) is 0 Å². The molecular formula is C12H14BrNO. The van der Waals surface area contributed by atoms with Gasteiger partial charge >= 0.3 is 0 Å². The monoisotopic (exact) mass is 267 g/mol. The summed E-state index contributed by atoms with van der Waals surface area (Å²) in [4.78, 5) is 0. The van der Waals surface area contributed by atoms with Crippen molar-refractivity contribution in [2.24, 2.45) is 5.73 Å². The fraction of sp³-hybridized carbons (Fsp3) is 0.333. The van der Waals surface area contributed by atoms with Crippen molar-refractivity contribution >= 4 is 26.9 Å². The molecule has 0 saturated carbocycles. The van der Waals surface area contributed by atoms with Gasteiger partial charge in [-0.1, -0.05) is 29.3 Å². The van der Waals surface area contributed by atoms with E-state index in [4.69, 9.17) is 10.2 Å². The molecule has 1 atom stereocenters. The Kier molecular flexibility index (Phi) is 3.12. The predicted molar refractivity (Wildman–Crippen MR) is 65.8 cm³/mol. The first kappa shape index (κ1) is 10.7. The topological polar surface area (TPSA) is 39.2 Å². The second kappa shape index (κ2) is 4.37. The van der Waals surface area contributed by atoms with Gasteiger partial charge in [0.2, 0.25) is 0 Å². The highest BCUT2D eigenvalue weighted by molar-refractivity contribution is 9.10. The van der Waals surface area contributed by atoms with Gasteiger partial charge in [0.1, 0.15) is 11.3 Å². The average molecular weight is 268 g/mol. The molecule has 0 fully saturated rings. The molecular weight excluding hydrogens is 254 g/mol. The molecule has 3 heteroatoms. The Labute approximate surface area is 97.6 Å². The predicted octanol–water partition coefficient (Wildman–Crippen LogP) is 4.00. The quantitative estimate of drug-likeness (QED) is 0.913. The molecule has 2 aromatic rings. The first-order valence-corrected chi connectivity index (χ1v) is 5.94. The summed E-state index contributed by atoms with van der Waals surface area (Å²) in [7, 11) is 0. The molecule has 2 N–H and O–H groups in total. The van der Waals surface area contributed by atoms with Crippen molar-refractivity contribution in [3.8, 4) is 0 Å². The maximum Gasteiger partial charge on any atom is 0.135 e. The van der Waals surface area contributed by atoms with Crippen molar-refractivity contribution in [2.45, 2.75) is 25.8 Å². The van der Waals surface area contributed by atoms with Crippen molar-refractivity contribution in [3.63, 3.8) is 0 Å². The molecule has 0 aliphatic rings. The summed E-state index contributed by atoms with van der Waals surface area (Å²) in [6, 6.07) is 8.05. The van der Waals surface area contributed by atoms with Crippen LogP contribution in [0.5, 0.6) is 0 Å². The third-order valence-corrected chi connectivity index (χ3v) is 2.96. The van der Waals surface area contributed by atoms with E-state index in [-0.39, 0.29) is 6.04 Å². The summed E-state index contributed by atoms with van der Waals surface area (Å²) in [5.41, 5.74) is 6.90. The van der Waals surface area contributed by atoms with E-state index in [2.05, 4.69) is 22.9 Å². The van der Waals surface area contributed by atoms with Gasteiger partial charge in [-0.15, -0.1) is 0 Å². The molecule has 0 amide bonds. The zero-order chi connectivity index (χ0) is 10.8. The second-order valence-corrected chi connectivity index (χ2v) is 4.64. The van der Waals surface area contributed by atoms with Crippen LogP contribution in [0.1, 0.15) is 31.6 Å². The average Bonchev–Trinajstić information content (AvgIpc) is 2.60. The summed E-state index contributed by atoms with van der Waals surface area (Å²) in [5.74, 6) is 0.880. The molecule has 0 aliphatic carbocycles. The molecule has 2 nitrogen and oxygen atoms in total. The van der Waals surface area contributed by atoms with Gasteiger partial charge in [0, 0.05) is 9.86 Å². The van der Waals surface area contributed by atoms with E-state index < -0.39 is 0 Å². The van der Waals surface area contributed by atoms with Crippen LogP contribution in [0.3, 0.4) is 0 Å². The fourth-order valence-electron chi connectivity index (χ4n) is 1.66. The lowest BCUT2D eigenvalue weighted by atomic mass is 10.1.